The first kappa shape index (κ1) is 21.3. The first-order chi connectivity index (χ1) is 12.9. The second kappa shape index (κ2) is 7.13. The Kier molecular flexibility index (Phi) is 5.42. The van der Waals surface area contributed by atoms with E-state index in [1.54, 1.807) is 6.08 Å². The summed E-state index contributed by atoms with van der Waals surface area (Å²) in [5, 5.41) is 19.7. The van der Waals surface area contributed by atoms with E-state index in [-0.39, 0.29) is 23.5 Å². The Morgan fingerprint density at radius 2 is 2.18 bits per heavy atom. The second-order valence-corrected chi connectivity index (χ2v) is 8.95. The fourth-order valence-corrected chi connectivity index (χ4v) is 3.99. The van der Waals surface area contributed by atoms with Crippen molar-refractivity contribution in [3.63, 3.8) is 0 Å². The molecule has 0 amide bonds. The van der Waals surface area contributed by atoms with Crippen molar-refractivity contribution in [3.05, 3.63) is 23.8 Å². The zero-order valence-corrected chi connectivity index (χ0v) is 17.2. The van der Waals surface area contributed by atoms with Gasteiger partial charge in [-0.3, -0.25) is 0 Å². The maximum atomic E-state index is 12.6. The van der Waals surface area contributed by atoms with Crippen molar-refractivity contribution in [2.24, 2.45) is 5.92 Å². The summed E-state index contributed by atoms with van der Waals surface area (Å²) in [6.07, 6.45) is -0.330. The number of aliphatic hydroxyl groups excluding tert-OH is 1. The third kappa shape index (κ3) is 3.73. The molecular formula is C20H27ClO7. The Balaban J connectivity index is 1.97. The van der Waals surface area contributed by atoms with E-state index in [0.717, 1.165) is 5.57 Å². The number of fused-ring (bicyclic) bond motifs is 2. The lowest BCUT2D eigenvalue weighted by Crippen LogP contribution is -2.49. The lowest BCUT2D eigenvalue weighted by atomic mass is 9.82. The van der Waals surface area contributed by atoms with Crippen LogP contribution >= 0.6 is 11.6 Å². The number of carbonyl (C=O) groups is 2. The molecule has 8 atom stereocenters. The molecule has 8 heteroatoms. The molecule has 0 aromatic carbocycles. The maximum absolute atomic E-state index is 12.6. The number of alkyl halides is 1. The third-order valence-corrected chi connectivity index (χ3v) is 6.65. The van der Waals surface area contributed by atoms with Crippen molar-refractivity contribution in [1.29, 1.82) is 0 Å². The normalized spacial score (nSPS) is 42.8. The number of allylic oxidation sites excluding steroid dienone is 1. The van der Waals surface area contributed by atoms with E-state index < -0.39 is 47.4 Å². The average molecular weight is 415 g/mol. The van der Waals surface area contributed by atoms with Gasteiger partial charge in [-0.1, -0.05) is 12.2 Å². The highest BCUT2D eigenvalue weighted by molar-refractivity contribution is 6.22. The van der Waals surface area contributed by atoms with Crippen molar-refractivity contribution >= 4 is 23.5 Å². The van der Waals surface area contributed by atoms with Crippen LogP contribution < -0.4 is 0 Å². The number of hydrogen-bond donors (Lipinski definition) is 2. The summed E-state index contributed by atoms with van der Waals surface area (Å²) < 4.78 is 16.9. The summed E-state index contributed by atoms with van der Waals surface area (Å²) in [5.74, 6) is -2.18. The van der Waals surface area contributed by atoms with Crippen LogP contribution in [0.15, 0.2) is 23.8 Å². The van der Waals surface area contributed by atoms with Crippen molar-refractivity contribution in [1.82, 2.24) is 0 Å². The van der Waals surface area contributed by atoms with Gasteiger partial charge in [0.2, 0.25) is 0 Å². The smallest absolute Gasteiger partial charge is 0.340 e. The van der Waals surface area contributed by atoms with E-state index in [0.29, 0.717) is 6.42 Å². The molecule has 2 saturated heterocycles. The first-order valence-electron chi connectivity index (χ1n) is 9.38. The lowest BCUT2D eigenvalue weighted by Gasteiger charge is -2.32. The second-order valence-electron chi connectivity index (χ2n) is 8.43. The molecule has 0 aromatic rings. The first-order valence-corrected chi connectivity index (χ1v) is 9.82. The van der Waals surface area contributed by atoms with E-state index in [1.807, 2.05) is 13.8 Å². The number of epoxide rings is 1. The molecule has 3 rings (SSSR count). The number of aliphatic hydroxyl groups is 2. The zero-order valence-electron chi connectivity index (χ0n) is 16.5. The summed E-state index contributed by atoms with van der Waals surface area (Å²) in [6, 6.07) is 0. The number of rotatable bonds is 3. The molecule has 2 heterocycles. The van der Waals surface area contributed by atoms with E-state index in [2.05, 4.69) is 6.58 Å². The summed E-state index contributed by atoms with van der Waals surface area (Å²) >= 11 is 6.47. The fourth-order valence-electron chi connectivity index (χ4n) is 3.75. The Bertz CT molecular complexity index is 728. The number of ether oxygens (including phenoxy) is 3. The van der Waals surface area contributed by atoms with Crippen LogP contribution in [-0.2, 0) is 23.8 Å². The van der Waals surface area contributed by atoms with Crippen LogP contribution in [0.1, 0.15) is 40.5 Å². The molecule has 7 nitrogen and oxygen atoms in total. The molecule has 1 aliphatic carbocycles. The van der Waals surface area contributed by atoms with Crippen LogP contribution in [0.5, 0.6) is 0 Å². The van der Waals surface area contributed by atoms with Gasteiger partial charge in [0.1, 0.15) is 12.2 Å². The van der Waals surface area contributed by atoms with Crippen molar-refractivity contribution in [2.75, 3.05) is 0 Å². The Morgan fingerprint density at radius 3 is 2.79 bits per heavy atom. The van der Waals surface area contributed by atoms with Crippen LogP contribution in [0.25, 0.3) is 0 Å². The molecule has 0 saturated carbocycles. The molecule has 0 radical (unpaired) electrons. The monoisotopic (exact) mass is 414 g/mol. The number of carbonyl (C=O) groups excluding carboxylic acids is 2. The SMILES string of the molecule is C=C1C(=O)O[C@@H]2/C=C(/C)[C@@H](Cl)C[C@H]3O[C@]3(C)C[C@@H](OC(=O)[C@@](C)(O)[C@H](C)O)[C@@H]12. The van der Waals surface area contributed by atoms with Crippen molar-refractivity contribution < 1.29 is 34.0 Å². The molecule has 0 aromatic heterocycles. The Hall–Kier alpha value is -1.41. The summed E-state index contributed by atoms with van der Waals surface area (Å²) in [4.78, 5) is 24.8. The number of halogens is 1. The fraction of sp³-hybridized carbons (Fsp3) is 0.700. The van der Waals surface area contributed by atoms with Gasteiger partial charge in [-0.2, -0.15) is 0 Å². The van der Waals surface area contributed by atoms with Gasteiger partial charge >= 0.3 is 11.9 Å². The van der Waals surface area contributed by atoms with Gasteiger partial charge in [0.25, 0.3) is 0 Å². The average Bonchev–Trinajstić information content (AvgIpc) is 3.12. The molecule has 28 heavy (non-hydrogen) atoms. The Labute approximate surface area is 169 Å². The van der Waals surface area contributed by atoms with Crippen molar-refractivity contribution in [2.45, 2.75) is 81.5 Å². The minimum Gasteiger partial charge on any atom is -0.459 e. The van der Waals surface area contributed by atoms with Crippen LogP contribution in [0.2, 0.25) is 0 Å². The largest absolute Gasteiger partial charge is 0.459 e. The maximum Gasteiger partial charge on any atom is 0.340 e. The molecule has 3 aliphatic rings. The Morgan fingerprint density at radius 1 is 1.54 bits per heavy atom. The van der Waals surface area contributed by atoms with Crippen LogP contribution in [0.4, 0.5) is 0 Å². The van der Waals surface area contributed by atoms with E-state index in [9.17, 15) is 19.8 Å². The van der Waals surface area contributed by atoms with Gasteiger partial charge in [-0.05, 0) is 40.2 Å². The summed E-state index contributed by atoms with van der Waals surface area (Å²) in [7, 11) is 0. The van der Waals surface area contributed by atoms with Gasteiger partial charge in [0, 0.05) is 12.0 Å². The topological polar surface area (TPSA) is 106 Å². The number of esters is 2. The molecule has 0 bridgehead atoms. The minimum absolute atomic E-state index is 0.111. The molecule has 156 valence electrons. The predicted molar refractivity (Wildman–Crippen MR) is 101 cm³/mol. The van der Waals surface area contributed by atoms with Crippen LogP contribution in [0, 0.1) is 5.92 Å². The van der Waals surface area contributed by atoms with Gasteiger partial charge < -0.3 is 24.4 Å². The van der Waals surface area contributed by atoms with E-state index in [4.69, 9.17) is 25.8 Å². The summed E-state index contributed by atoms with van der Waals surface area (Å²) in [6.45, 7) is 10.1. The van der Waals surface area contributed by atoms with Gasteiger partial charge in [0.15, 0.2) is 5.60 Å². The molecule has 2 aliphatic heterocycles. The molecule has 2 fully saturated rings. The minimum atomic E-state index is -2.09. The van der Waals surface area contributed by atoms with Gasteiger partial charge in [-0.15, -0.1) is 11.6 Å². The highest BCUT2D eigenvalue weighted by Gasteiger charge is 2.58. The molecular weight excluding hydrogens is 388 g/mol. The lowest BCUT2D eigenvalue weighted by molar-refractivity contribution is -0.183. The highest BCUT2D eigenvalue weighted by Crippen LogP contribution is 2.48. The van der Waals surface area contributed by atoms with Crippen LogP contribution in [-0.4, -0.2) is 63.1 Å². The predicted octanol–water partition coefficient (Wildman–Crippen LogP) is 1.63. The van der Waals surface area contributed by atoms with Gasteiger partial charge in [-0.25, -0.2) is 9.59 Å². The molecule has 0 unspecified atom stereocenters. The third-order valence-electron chi connectivity index (χ3n) is 6.13. The number of hydrogen-bond acceptors (Lipinski definition) is 7. The highest BCUT2D eigenvalue weighted by atomic mass is 35.5. The quantitative estimate of drug-likeness (QED) is 0.238. The van der Waals surface area contributed by atoms with E-state index in [1.165, 1.54) is 13.8 Å². The summed E-state index contributed by atoms with van der Waals surface area (Å²) in [5.41, 5.74) is -1.65. The standard InChI is InChI=1S/C20H27ClO7/c1-9-6-13-16(10(2)17(23)26-13)14(27-18(24)20(5,25)11(3)22)8-19(4)15(28-19)7-12(9)21/h6,11-16,22,25H,2,7-8H2,1,3-5H3/b9-6-/t11-,12-,13+,14+,15+,16-,19+,20-/m0/s1. The molecule has 0 spiro atoms. The molecule has 2 N–H and O–H groups in total. The van der Waals surface area contributed by atoms with Crippen LogP contribution in [0.3, 0.4) is 0 Å². The van der Waals surface area contributed by atoms with Gasteiger partial charge in [0.05, 0.1) is 29.1 Å². The zero-order chi connectivity index (χ0) is 21.0. The van der Waals surface area contributed by atoms with Crippen molar-refractivity contribution in [3.8, 4) is 0 Å². The van der Waals surface area contributed by atoms with E-state index >= 15 is 0 Å².